The Labute approximate surface area is 121 Å². The molecule has 0 radical (unpaired) electrons. The van der Waals surface area contributed by atoms with Gasteiger partial charge in [-0.25, -0.2) is 4.79 Å². The minimum Gasteiger partial charge on any atom is -0.491 e. The van der Waals surface area contributed by atoms with Gasteiger partial charge in [0.15, 0.2) is 0 Å². The maximum Gasteiger partial charge on any atom is 0.329 e. The van der Waals surface area contributed by atoms with Gasteiger partial charge in [0.05, 0.1) is 7.11 Å². The lowest BCUT2D eigenvalue weighted by molar-refractivity contribution is -0.149. The van der Waals surface area contributed by atoms with Gasteiger partial charge in [-0.1, -0.05) is 19.1 Å². The van der Waals surface area contributed by atoms with Crippen LogP contribution in [0.15, 0.2) is 18.2 Å². The summed E-state index contributed by atoms with van der Waals surface area (Å²) in [6.45, 7) is 8.84. The maximum absolute atomic E-state index is 11.9. The van der Waals surface area contributed by atoms with Crippen LogP contribution in [0.4, 0.5) is 0 Å². The van der Waals surface area contributed by atoms with Crippen LogP contribution in [0.2, 0.25) is 0 Å². The smallest absolute Gasteiger partial charge is 0.329 e. The van der Waals surface area contributed by atoms with Crippen LogP contribution in [0.1, 0.15) is 31.4 Å². The number of carbonyl (C=O) groups is 1. The van der Waals surface area contributed by atoms with Crippen LogP contribution >= 0.6 is 0 Å². The zero-order valence-corrected chi connectivity index (χ0v) is 13.1. The van der Waals surface area contributed by atoms with E-state index >= 15 is 0 Å². The fourth-order valence-corrected chi connectivity index (χ4v) is 1.89. The summed E-state index contributed by atoms with van der Waals surface area (Å²) in [5, 5.41) is 3.20. The quantitative estimate of drug-likeness (QED) is 0.779. The van der Waals surface area contributed by atoms with Crippen LogP contribution in [-0.4, -0.2) is 31.8 Å². The molecule has 0 aliphatic carbocycles. The highest BCUT2D eigenvalue weighted by Crippen LogP contribution is 2.21. The molecule has 1 N–H and O–H groups in total. The van der Waals surface area contributed by atoms with E-state index < -0.39 is 5.54 Å². The topological polar surface area (TPSA) is 47.6 Å². The van der Waals surface area contributed by atoms with Crippen LogP contribution in [0.3, 0.4) is 0 Å². The monoisotopic (exact) mass is 279 g/mol. The molecule has 0 aliphatic heterocycles. The fraction of sp³-hybridized carbons (Fsp3) is 0.562. The SMILES string of the molecule is CCCNC(C)(COc1cc(C)ccc1C)C(=O)OC. The van der Waals surface area contributed by atoms with Crippen molar-refractivity contribution in [2.24, 2.45) is 0 Å². The molecule has 0 heterocycles. The number of benzene rings is 1. The zero-order valence-electron chi connectivity index (χ0n) is 13.1. The van der Waals surface area contributed by atoms with Crippen molar-refractivity contribution in [1.82, 2.24) is 5.32 Å². The van der Waals surface area contributed by atoms with Crippen LogP contribution in [0.5, 0.6) is 5.75 Å². The van der Waals surface area contributed by atoms with E-state index in [9.17, 15) is 4.79 Å². The van der Waals surface area contributed by atoms with Crippen molar-refractivity contribution in [3.63, 3.8) is 0 Å². The summed E-state index contributed by atoms with van der Waals surface area (Å²) in [7, 11) is 1.39. The molecule has 0 aliphatic rings. The van der Waals surface area contributed by atoms with Gasteiger partial charge in [0.25, 0.3) is 0 Å². The predicted molar refractivity (Wildman–Crippen MR) is 80.1 cm³/mol. The Morgan fingerprint density at radius 3 is 2.65 bits per heavy atom. The Balaban J connectivity index is 2.80. The lowest BCUT2D eigenvalue weighted by Crippen LogP contribution is -2.54. The van der Waals surface area contributed by atoms with Gasteiger partial charge in [-0.05, 0) is 50.9 Å². The second-order valence-electron chi connectivity index (χ2n) is 5.31. The Morgan fingerprint density at radius 1 is 1.35 bits per heavy atom. The molecule has 1 atom stereocenters. The van der Waals surface area contributed by atoms with E-state index in [0.29, 0.717) is 0 Å². The van der Waals surface area contributed by atoms with Crippen LogP contribution < -0.4 is 10.1 Å². The normalized spacial score (nSPS) is 13.7. The summed E-state index contributed by atoms with van der Waals surface area (Å²) in [5.41, 5.74) is 1.35. The highest BCUT2D eigenvalue weighted by Gasteiger charge is 2.34. The molecule has 1 rings (SSSR count). The maximum atomic E-state index is 11.9. The average molecular weight is 279 g/mol. The third-order valence-corrected chi connectivity index (χ3v) is 3.26. The highest BCUT2D eigenvalue weighted by atomic mass is 16.5. The molecule has 20 heavy (non-hydrogen) atoms. The van der Waals surface area contributed by atoms with Crippen molar-refractivity contribution in [3.8, 4) is 5.75 Å². The van der Waals surface area contributed by atoms with Crippen LogP contribution in [0, 0.1) is 13.8 Å². The first-order valence-corrected chi connectivity index (χ1v) is 6.96. The molecule has 4 nitrogen and oxygen atoms in total. The van der Waals surface area contributed by atoms with E-state index in [-0.39, 0.29) is 12.6 Å². The van der Waals surface area contributed by atoms with Gasteiger partial charge in [0, 0.05) is 0 Å². The molecular formula is C16H25NO3. The molecule has 0 bridgehead atoms. The number of hydrogen-bond donors (Lipinski definition) is 1. The van der Waals surface area contributed by atoms with Crippen molar-refractivity contribution >= 4 is 5.97 Å². The summed E-state index contributed by atoms with van der Waals surface area (Å²) in [6.07, 6.45) is 0.941. The molecule has 1 aromatic rings. The summed E-state index contributed by atoms with van der Waals surface area (Å²) in [5.74, 6) is 0.495. The van der Waals surface area contributed by atoms with Gasteiger partial charge in [-0.15, -0.1) is 0 Å². The van der Waals surface area contributed by atoms with Gasteiger partial charge in [-0.3, -0.25) is 5.32 Å². The lowest BCUT2D eigenvalue weighted by atomic mass is 10.0. The third kappa shape index (κ3) is 4.23. The summed E-state index contributed by atoms with van der Waals surface area (Å²) >= 11 is 0. The van der Waals surface area contributed by atoms with Crippen LogP contribution in [0.25, 0.3) is 0 Å². The predicted octanol–water partition coefficient (Wildman–Crippen LogP) is 2.61. The molecule has 0 fully saturated rings. The second kappa shape index (κ2) is 7.29. The molecule has 0 spiro atoms. The van der Waals surface area contributed by atoms with Crippen molar-refractivity contribution in [2.75, 3.05) is 20.3 Å². The number of ether oxygens (including phenoxy) is 2. The van der Waals surface area contributed by atoms with E-state index in [4.69, 9.17) is 9.47 Å². The molecule has 0 amide bonds. The Kier molecular flexibility index (Phi) is 6.02. The number of hydrogen-bond acceptors (Lipinski definition) is 4. The minimum atomic E-state index is -0.832. The number of aryl methyl sites for hydroxylation is 2. The Bertz CT molecular complexity index is 459. The first kappa shape index (κ1) is 16.5. The third-order valence-electron chi connectivity index (χ3n) is 3.26. The standard InChI is InChI=1S/C16H25NO3/c1-6-9-17-16(4,15(18)19-5)11-20-14-10-12(2)7-8-13(14)3/h7-8,10,17H,6,9,11H2,1-5H3. The van der Waals surface area contributed by atoms with Gasteiger partial charge in [0.2, 0.25) is 0 Å². The van der Waals surface area contributed by atoms with Crippen molar-refractivity contribution in [3.05, 3.63) is 29.3 Å². The number of rotatable bonds is 7. The molecule has 0 saturated carbocycles. The zero-order chi connectivity index (χ0) is 15.2. The van der Waals surface area contributed by atoms with Gasteiger partial charge >= 0.3 is 5.97 Å². The summed E-state index contributed by atoms with van der Waals surface area (Å²) < 4.78 is 10.7. The highest BCUT2D eigenvalue weighted by molar-refractivity contribution is 5.80. The Morgan fingerprint density at radius 2 is 2.05 bits per heavy atom. The van der Waals surface area contributed by atoms with E-state index in [1.165, 1.54) is 7.11 Å². The number of carbonyl (C=O) groups excluding carboxylic acids is 1. The molecular weight excluding hydrogens is 254 g/mol. The fourth-order valence-electron chi connectivity index (χ4n) is 1.89. The summed E-state index contributed by atoms with van der Waals surface area (Å²) in [6, 6.07) is 6.03. The average Bonchev–Trinajstić information content (AvgIpc) is 2.45. The van der Waals surface area contributed by atoms with E-state index in [0.717, 1.165) is 29.8 Å². The van der Waals surface area contributed by atoms with Crippen molar-refractivity contribution in [1.29, 1.82) is 0 Å². The molecule has 1 aromatic carbocycles. The first-order chi connectivity index (χ1) is 9.42. The second-order valence-corrected chi connectivity index (χ2v) is 5.31. The number of esters is 1. The lowest BCUT2D eigenvalue weighted by Gasteiger charge is -2.28. The van der Waals surface area contributed by atoms with Gasteiger partial charge in [-0.2, -0.15) is 0 Å². The number of nitrogens with one attached hydrogen (secondary N) is 1. The van der Waals surface area contributed by atoms with Crippen molar-refractivity contribution in [2.45, 2.75) is 39.7 Å². The summed E-state index contributed by atoms with van der Waals surface area (Å²) in [4.78, 5) is 11.9. The van der Waals surface area contributed by atoms with Crippen LogP contribution in [-0.2, 0) is 9.53 Å². The van der Waals surface area contributed by atoms with E-state index in [1.807, 2.05) is 32.0 Å². The molecule has 112 valence electrons. The molecule has 0 saturated heterocycles. The van der Waals surface area contributed by atoms with Crippen molar-refractivity contribution < 1.29 is 14.3 Å². The molecule has 4 heteroatoms. The molecule has 0 aromatic heterocycles. The van der Waals surface area contributed by atoms with Gasteiger partial charge < -0.3 is 9.47 Å². The Hall–Kier alpha value is -1.55. The molecule has 1 unspecified atom stereocenters. The largest absolute Gasteiger partial charge is 0.491 e. The van der Waals surface area contributed by atoms with E-state index in [2.05, 4.69) is 12.2 Å². The van der Waals surface area contributed by atoms with Gasteiger partial charge in [0.1, 0.15) is 17.9 Å². The first-order valence-electron chi connectivity index (χ1n) is 6.96. The number of methoxy groups -OCH3 is 1. The minimum absolute atomic E-state index is 0.240. The van der Waals surface area contributed by atoms with E-state index in [1.54, 1.807) is 6.92 Å².